The van der Waals surface area contributed by atoms with Crippen LogP contribution in [-0.2, 0) is 10.1 Å². The van der Waals surface area contributed by atoms with E-state index in [0.29, 0.717) is 5.75 Å². The molecule has 0 aliphatic rings. The van der Waals surface area contributed by atoms with Gasteiger partial charge in [-0.05, 0) is 17.7 Å². The molecule has 6 heteroatoms. The summed E-state index contributed by atoms with van der Waals surface area (Å²) >= 11 is 0. The van der Waals surface area contributed by atoms with Crippen LogP contribution in [0.15, 0.2) is 24.3 Å². The lowest BCUT2D eigenvalue weighted by Crippen LogP contribution is -2.11. The van der Waals surface area contributed by atoms with Gasteiger partial charge in [0.05, 0.1) is 7.11 Å². The van der Waals surface area contributed by atoms with Crippen molar-refractivity contribution in [2.24, 2.45) is 0 Å². The molecule has 0 aliphatic heterocycles. The second-order valence-corrected chi connectivity index (χ2v) is 4.05. The van der Waals surface area contributed by atoms with E-state index in [1.54, 1.807) is 0 Å². The molecule has 0 spiro atoms. The van der Waals surface area contributed by atoms with Crippen molar-refractivity contribution in [1.29, 1.82) is 0 Å². The first-order valence-electron chi connectivity index (χ1n) is 3.72. The number of aliphatic hydroxyl groups excluding tert-OH is 1. The summed E-state index contributed by atoms with van der Waals surface area (Å²) in [5.74, 6) is 0.518. The molecule has 0 saturated carbocycles. The van der Waals surface area contributed by atoms with Crippen molar-refractivity contribution in [2.75, 3.05) is 7.11 Å². The Labute approximate surface area is 81.7 Å². The van der Waals surface area contributed by atoms with E-state index in [9.17, 15) is 13.0 Å². The predicted octanol–water partition coefficient (Wildman–Crippen LogP) is 0.231. The number of hydrogen-bond acceptors (Lipinski definition) is 5. The van der Waals surface area contributed by atoms with Crippen LogP contribution in [0.25, 0.3) is 0 Å². The molecule has 1 aromatic rings. The highest BCUT2D eigenvalue weighted by Crippen LogP contribution is 2.20. The normalized spacial score (nSPS) is 13.6. The number of rotatable bonds is 3. The van der Waals surface area contributed by atoms with Gasteiger partial charge in [0.25, 0.3) is 0 Å². The number of methoxy groups -OCH3 is 1. The van der Waals surface area contributed by atoms with Crippen molar-refractivity contribution in [2.45, 2.75) is 5.44 Å². The molecule has 0 radical (unpaired) electrons. The zero-order chi connectivity index (χ0) is 10.8. The first-order chi connectivity index (χ1) is 6.45. The fourth-order valence-electron chi connectivity index (χ4n) is 0.935. The second kappa shape index (κ2) is 3.95. The summed E-state index contributed by atoms with van der Waals surface area (Å²) in [7, 11) is -3.26. The molecule has 0 aromatic heterocycles. The first kappa shape index (κ1) is 11.0. The summed E-state index contributed by atoms with van der Waals surface area (Å²) in [5, 5.41) is 9.08. The largest absolute Gasteiger partial charge is 0.746 e. The summed E-state index contributed by atoms with van der Waals surface area (Å²) in [4.78, 5) is 0. The van der Waals surface area contributed by atoms with Crippen LogP contribution >= 0.6 is 0 Å². The van der Waals surface area contributed by atoms with Gasteiger partial charge in [0.1, 0.15) is 15.9 Å². The monoisotopic (exact) mass is 217 g/mol. The van der Waals surface area contributed by atoms with Crippen molar-refractivity contribution in [3.63, 3.8) is 0 Å². The van der Waals surface area contributed by atoms with E-state index in [4.69, 9.17) is 9.84 Å². The lowest BCUT2D eigenvalue weighted by molar-refractivity contribution is 0.236. The number of ether oxygens (including phenoxy) is 1. The molecule has 0 aliphatic carbocycles. The summed E-state index contributed by atoms with van der Waals surface area (Å²) in [6.07, 6.45) is 0. The van der Waals surface area contributed by atoms with Crippen molar-refractivity contribution in [3.8, 4) is 5.75 Å². The third-order valence-corrected chi connectivity index (χ3v) is 2.49. The number of benzene rings is 1. The predicted molar refractivity (Wildman–Crippen MR) is 47.7 cm³/mol. The van der Waals surface area contributed by atoms with Crippen LogP contribution in [0, 0.1) is 0 Å². The minimum absolute atomic E-state index is 0.0285. The molecule has 0 heterocycles. The molecule has 5 nitrogen and oxygen atoms in total. The van der Waals surface area contributed by atoms with E-state index in [2.05, 4.69) is 0 Å². The Balaban J connectivity index is 2.98. The minimum Gasteiger partial charge on any atom is -0.746 e. The maximum absolute atomic E-state index is 10.4. The fraction of sp³-hybridized carbons (Fsp3) is 0.250. The molecule has 1 aromatic carbocycles. The van der Waals surface area contributed by atoms with E-state index in [-0.39, 0.29) is 5.56 Å². The smallest absolute Gasteiger partial charge is 0.168 e. The van der Waals surface area contributed by atoms with E-state index in [1.165, 1.54) is 31.4 Å². The highest BCUT2D eigenvalue weighted by atomic mass is 32.2. The van der Waals surface area contributed by atoms with Gasteiger partial charge in [0.2, 0.25) is 0 Å². The maximum atomic E-state index is 10.4. The Morgan fingerprint density at radius 1 is 1.36 bits per heavy atom. The Hall–Kier alpha value is -1.11. The molecule has 1 rings (SSSR count). The lowest BCUT2D eigenvalue weighted by atomic mass is 10.2. The zero-order valence-electron chi connectivity index (χ0n) is 7.38. The molecular weight excluding hydrogens is 208 g/mol. The first-order valence-corrected chi connectivity index (χ1v) is 5.19. The third-order valence-electron chi connectivity index (χ3n) is 1.67. The van der Waals surface area contributed by atoms with Gasteiger partial charge in [-0.15, -0.1) is 0 Å². The van der Waals surface area contributed by atoms with Crippen molar-refractivity contribution in [3.05, 3.63) is 29.8 Å². The van der Waals surface area contributed by atoms with Gasteiger partial charge in [-0.1, -0.05) is 12.1 Å². The summed E-state index contributed by atoms with van der Waals surface area (Å²) in [6.45, 7) is 0. The molecule has 0 fully saturated rings. The van der Waals surface area contributed by atoms with Crippen LogP contribution in [0.5, 0.6) is 5.75 Å². The summed E-state index contributed by atoms with van der Waals surface area (Å²) in [5.41, 5.74) is -1.99. The molecule has 0 unspecified atom stereocenters. The van der Waals surface area contributed by atoms with E-state index in [0.717, 1.165) is 0 Å². The average molecular weight is 217 g/mol. The Morgan fingerprint density at radius 3 is 2.21 bits per heavy atom. The van der Waals surface area contributed by atoms with Gasteiger partial charge in [0, 0.05) is 0 Å². The van der Waals surface area contributed by atoms with Crippen molar-refractivity contribution < 1.29 is 22.8 Å². The van der Waals surface area contributed by atoms with E-state index < -0.39 is 15.6 Å². The van der Waals surface area contributed by atoms with Crippen LogP contribution in [-0.4, -0.2) is 25.2 Å². The van der Waals surface area contributed by atoms with E-state index >= 15 is 0 Å². The maximum Gasteiger partial charge on any atom is 0.168 e. The van der Waals surface area contributed by atoms with Gasteiger partial charge < -0.3 is 14.4 Å². The number of hydrogen-bond donors (Lipinski definition) is 1. The zero-order valence-corrected chi connectivity index (χ0v) is 8.19. The van der Waals surface area contributed by atoms with Gasteiger partial charge >= 0.3 is 0 Å². The van der Waals surface area contributed by atoms with Crippen molar-refractivity contribution >= 4 is 10.1 Å². The minimum atomic E-state index is -4.71. The standard InChI is InChI=1S/C8H10O5S/c1-13-7-4-2-6(3-5-7)8(9)14(10,11)12/h2-5,8-9H,1H3,(H,10,11,12)/p-1/t8-/m0/s1. The van der Waals surface area contributed by atoms with Crippen LogP contribution in [0.2, 0.25) is 0 Å². The average Bonchev–Trinajstić information content (AvgIpc) is 2.15. The molecule has 0 saturated heterocycles. The lowest BCUT2D eigenvalue weighted by Gasteiger charge is -2.15. The van der Waals surface area contributed by atoms with Gasteiger partial charge in [-0.25, -0.2) is 8.42 Å². The Bertz CT molecular complexity index is 394. The molecule has 14 heavy (non-hydrogen) atoms. The molecule has 78 valence electrons. The number of aliphatic hydroxyl groups is 1. The highest BCUT2D eigenvalue weighted by Gasteiger charge is 2.14. The Morgan fingerprint density at radius 2 is 1.86 bits per heavy atom. The topological polar surface area (TPSA) is 86.7 Å². The van der Waals surface area contributed by atoms with Crippen LogP contribution in [0.1, 0.15) is 11.0 Å². The van der Waals surface area contributed by atoms with Crippen LogP contribution in [0.4, 0.5) is 0 Å². The van der Waals surface area contributed by atoms with Gasteiger partial charge in [0.15, 0.2) is 5.44 Å². The highest BCUT2D eigenvalue weighted by molar-refractivity contribution is 7.85. The van der Waals surface area contributed by atoms with Gasteiger partial charge in [-0.3, -0.25) is 0 Å². The summed E-state index contributed by atoms with van der Waals surface area (Å²) in [6, 6.07) is 5.56. The third kappa shape index (κ3) is 2.44. The molecule has 1 N–H and O–H groups in total. The van der Waals surface area contributed by atoms with E-state index in [1.807, 2.05) is 0 Å². The van der Waals surface area contributed by atoms with Gasteiger partial charge in [-0.2, -0.15) is 0 Å². The SMILES string of the molecule is COc1ccc([C@@H](O)S(=O)(=O)[O-])cc1. The fourth-order valence-corrected chi connectivity index (χ4v) is 1.43. The van der Waals surface area contributed by atoms with Crippen molar-refractivity contribution in [1.82, 2.24) is 0 Å². The quantitative estimate of drug-likeness (QED) is 0.732. The molecular formula is C8H9O5S-. The molecule has 1 atom stereocenters. The second-order valence-electron chi connectivity index (χ2n) is 2.62. The van der Waals surface area contributed by atoms with Crippen LogP contribution < -0.4 is 4.74 Å². The molecule has 0 amide bonds. The summed E-state index contributed by atoms with van der Waals surface area (Å²) < 4.78 is 36.2. The molecule has 0 bridgehead atoms. The Kier molecular flexibility index (Phi) is 3.10. The van der Waals surface area contributed by atoms with Crippen LogP contribution in [0.3, 0.4) is 0 Å².